The molecule has 0 saturated carbocycles. The molecule has 0 unspecified atom stereocenters. The number of benzene rings is 9. The van der Waals surface area contributed by atoms with Crippen molar-refractivity contribution < 1.29 is 4.42 Å². The van der Waals surface area contributed by atoms with Gasteiger partial charge in [-0.2, -0.15) is 0 Å². The third kappa shape index (κ3) is 6.14. The van der Waals surface area contributed by atoms with Gasteiger partial charge in [0.05, 0.1) is 11.0 Å². The summed E-state index contributed by atoms with van der Waals surface area (Å²) in [5, 5.41) is 4.53. The predicted molar refractivity (Wildman–Crippen MR) is 254 cm³/mol. The van der Waals surface area contributed by atoms with Gasteiger partial charge in [0, 0.05) is 43.9 Å². The average molecular weight is 793 g/mol. The Labute approximate surface area is 357 Å². The fraction of sp³-hybridized carbons (Fsp3) is 0. The molecule has 290 valence electrons. The van der Waals surface area contributed by atoms with Crippen molar-refractivity contribution in [2.75, 3.05) is 0 Å². The van der Waals surface area contributed by atoms with E-state index in [-0.39, 0.29) is 0 Å². The Morgan fingerprint density at radius 2 is 0.839 bits per heavy atom. The van der Waals surface area contributed by atoms with E-state index < -0.39 is 0 Å². The normalized spacial score (nSPS) is 11.5. The average Bonchev–Trinajstić information content (AvgIpc) is 3.90. The summed E-state index contributed by atoms with van der Waals surface area (Å²) in [7, 11) is 0. The highest BCUT2D eigenvalue weighted by Crippen LogP contribution is 2.41. The summed E-state index contributed by atoms with van der Waals surface area (Å²) in [5.41, 5.74) is 14.6. The summed E-state index contributed by atoms with van der Waals surface area (Å²) in [6.07, 6.45) is 0. The molecule has 0 amide bonds. The van der Waals surface area contributed by atoms with Crippen molar-refractivity contribution in [3.05, 3.63) is 218 Å². The molecule has 0 aliphatic heterocycles. The zero-order valence-electron chi connectivity index (χ0n) is 33.5. The molecule has 0 aliphatic rings. The van der Waals surface area contributed by atoms with Crippen molar-refractivity contribution in [2.45, 2.75) is 0 Å². The van der Waals surface area contributed by atoms with Crippen LogP contribution in [0.25, 0.3) is 117 Å². The van der Waals surface area contributed by atoms with Crippen molar-refractivity contribution in [3.8, 4) is 73.2 Å². The van der Waals surface area contributed by atoms with E-state index in [1.54, 1.807) is 0 Å². The first-order chi connectivity index (χ1) is 30.7. The zero-order valence-corrected chi connectivity index (χ0v) is 33.5. The summed E-state index contributed by atoms with van der Waals surface area (Å²) >= 11 is 0. The first kappa shape index (κ1) is 35.5. The summed E-state index contributed by atoms with van der Waals surface area (Å²) in [6.45, 7) is 0. The molecule has 5 heteroatoms. The van der Waals surface area contributed by atoms with Gasteiger partial charge in [-0.25, -0.2) is 15.0 Å². The maximum absolute atomic E-state index is 6.68. The fourth-order valence-corrected chi connectivity index (χ4v) is 8.88. The van der Waals surface area contributed by atoms with Gasteiger partial charge in [-0.15, -0.1) is 0 Å². The van der Waals surface area contributed by atoms with Crippen LogP contribution >= 0.6 is 0 Å². The second kappa shape index (κ2) is 14.7. The zero-order chi connectivity index (χ0) is 41.0. The number of aromatic nitrogens is 4. The summed E-state index contributed by atoms with van der Waals surface area (Å²) in [5.74, 6) is 1.80. The quantitative estimate of drug-likeness (QED) is 0.161. The maximum atomic E-state index is 6.68. The molecule has 12 aromatic rings. The molecule has 0 saturated heterocycles. The molecule has 9 aromatic carbocycles. The van der Waals surface area contributed by atoms with Crippen LogP contribution in [0.5, 0.6) is 0 Å². The Morgan fingerprint density at radius 1 is 0.306 bits per heavy atom. The SMILES string of the molecule is c1ccc(-c2cccc(-c3nc(-c4ccccc4)nc(-c4ccc5c(c4)oc4cccc(-c6ccc7c8cc(-c9ccccc9)ccc8n(-c8ccccc8)c7c6)c45)n3)c2)cc1. The van der Waals surface area contributed by atoms with E-state index in [1.165, 1.54) is 27.4 Å². The van der Waals surface area contributed by atoms with Crippen molar-refractivity contribution in [2.24, 2.45) is 0 Å². The van der Waals surface area contributed by atoms with E-state index in [9.17, 15) is 0 Å². The van der Waals surface area contributed by atoms with Crippen LogP contribution in [0, 0.1) is 0 Å². The summed E-state index contributed by atoms with van der Waals surface area (Å²) < 4.78 is 9.06. The minimum Gasteiger partial charge on any atom is -0.456 e. The second-order valence-electron chi connectivity index (χ2n) is 15.6. The van der Waals surface area contributed by atoms with E-state index in [2.05, 4.69) is 187 Å². The van der Waals surface area contributed by atoms with E-state index in [4.69, 9.17) is 19.4 Å². The molecular formula is C57H36N4O. The lowest BCUT2D eigenvalue weighted by Crippen LogP contribution is -2.00. The van der Waals surface area contributed by atoms with Crippen LogP contribution in [0.3, 0.4) is 0 Å². The Hall–Kier alpha value is -8.41. The van der Waals surface area contributed by atoms with Crippen molar-refractivity contribution in [1.29, 1.82) is 0 Å². The lowest BCUT2D eigenvalue weighted by atomic mass is 9.97. The molecular weight excluding hydrogens is 757 g/mol. The van der Waals surface area contributed by atoms with Crippen molar-refractivity contribution in [1.82, 2.24) is 19.5 Å². The Morgan fingerprint density at radius 3 is 1.55 bits per heavy atom. The lowest BCUT2D eigenvalue weighted by molar-refractivity contribution is 0.669. The van der Waals surface area contributed by atoms with Crippen LogP contribution in [0.1, 0.15) is 0 Å². The third-order valence-corrected chi connectivity index (χ3v) is 11.8. The predicted octanol–water partition coefficient (Wildman–Crippen LogP) is 14.9. The number of hydrogen-bond donors (Lipinski definition) is 0. The molecule has 3 aromatic heterocycles. The van der Waals surface area contributed by atoms with Crippen LogP contribution in [0.4, 0.5) is 0 Å². The molecule has 0 aliphatic carbocycles. The molecule has 0 radical (unpaired) electrons. The molecule has 12 rings (SSSR count). The van der Waals surface area contributed by atoms with Crippen LogP contribution < -0.4 is 0 Å². The topological polar surface area (TPSA) is 56.7 Å². The molecule has 0 N–H and O–H groups in total. The Balaban J connectivity index is 0.992. The van der Waals surface area contributed by atoms with Gasteiger partial charge >= 0.3 is 0 Å². The van der Waals surface area contributed by atoms with Gasteiger partial charge in [0.15, 0.2) is 17.5 Å². The number of fused-ring (bicyclic) bond motifs is 6. The van der Waals surface area contributed by atoms with E-state index >= 15 is 0 Å². The van der Waals surface area contributed by atoms with Gasteiger partial charge in [-0.05, 0) is 88.0 Å². The molecule has 3 heterocycles. The lowest BCUT2D eigenvalue weighted by Gasteiger charge is -2.10. The van der Waals surface area contributed by atoms with Crippen molar-refractivity contribution in [3.63, 3.8) is 0 Å². The second-order valence-corrected chi connectivity index (χ2v) is 15.6. The van der Waals surface area contributed by atoms with Gasteiger partial charge < -0.3 is 8.98 Å². The summed E-state index contributed by atoms with van der Waals surface area (Å²) in [4.78, 5) is 15.1. The summed E-state index contributed by atoms with van der Waals surface area (Å²) in [6, 6.07) is 76.4. The largest absolute Gasteiger partial charge is 0.456 e. The van der Waals surface area contributed by atoms with Gasteiger partial charge in [0.2, 0.25) is 0 Å². The number of rotatable bonds is 7. The number of hydrogen-bond acceptors (Lipinski definition) is 4. The van der Waals surface area contributed by atoms with E-state index in [1.807, 2.05) is 36.4 Å². The smallest absolute Gasteiger partial charge is 0.164 e. The maximum Gasteiger partial charge on any atom is 0.164 e. The Bertz CT molecular complexity index is 3610. The number of nitrogens with zero attached hydrogens (tertiary/aromatic N) is 4. The van der Waals surface area contributed by atoms with E-state index in [0.717, 1.165) is 72.1 Å². The monoisotopic (exact) mass is 792 g/mol. The number of para-hydroxylation sites is 1. The van der Waals surface area contributed by atoms with Gasteiger partial charge in [0.1, 0.15) is 11.2 Å². The number of furan rings is 1. The van der Waals surface area contributed by atoms with Gasteiger partial charge in [0.25, 0.3) is 0 Å². The first-order valence-electron chi connectivity index (χ1n) is 20.8. The van der Waals surface area contributed by atoms with Crippen molar-refractivity contribution >= 4 is 43.7 Å². The Kier molecular flexibility index (Phi) is 8.42. The molecule has 5 nitrogen and oxygen atoms in total. The minimum absolute atomic E-state index is 0.580. The van der Waals surface area contributed by atoms with E-state index in [0.29, 0.717) is 17.5 Å². The standard InChI is InChI=1S/C57H36N4O/c1-5-15-37(16-6-1)40-21-13-22-43(33-40)56-58-55(39-19-9-3-10-20-39)59-57(60-56)44-28-31-48-53(36-44)62-52-26-14-25-46(54(48)52)42-27-30-47-49-34-41(38-17-7-2-8-18-38)29-32-50(49)61(51(47)35-42)45-23-11-4-12-24-45/h1-36H. The van der Waals surface area contributed by atoms with Crippen LogP contribution in [-0.2, 0) is 0 Å². The molecule has 0 atom stereocenters. The minimum atomic E-state index is 0.580. The fourth-order valence-electron chi connectivity index (χ4n) is 8.88. The molecule has 0 bridgehead atoms. The first-order valence-corrected chi connectivity index (χ1v) is 20.8. The third-order valence-electron chi connectivity index (χ3n) is 11.8. The highest BCUT2D eigenvalue weighted by Gasteiger charge is 2.19. The van der Waals surface area contributed by atoms with Gasteiger partial charge in [-0.3, -0.25) is 0 Å². The van der Waals surface area contributed by atoms with Gasteiger partial charge in [-0.1, -0.05) is 164 Å². The molecule has 62 heavy (non-hydrogen) atoms. The highest BCUT2D eigenvalue weighted by atomic mass is 16.3. The highest BCUT2D eigenvalue weighted by molar-refractivity contribution is 6.15. The van der Waals surface area contributed by atoms with Crippen LogP contribution in [-0.4, -0.2) is 19.5 Å². The van der Waals surface area contributed by atoms with Crippen LogP contribution in [0.15, 0.2) is 223 Å². The van der Waals surface area contributed by atoms with Crippen LogP contribution in [0.2, 0.25) is 0 Å². The molecule has 0 fully saturated rings. The molecule has 0 spiro atoms.